The SMILES string of the molecule is CC(C)(C)NC(=O)[C@@H]1CN(Cc2cccnc2)CCN1C[C@@H](O)C[C@@H](Cc1ccccc1)C(=O)N[C@H]1c2ccccc2C[C@H]1O.CCc1c(C(=O)c2cc(C)cc(C)c2)n(CC2CC=CC2)c(=O)[nH]c1=O. The standard InChI is InChI=1S/C36H47N5O4.C21H24N2O3/c1-36(2,3)39-35(45)31-24-40(22-26-12-9-15-37-21-26)16-17-41(31)23-29(42)19-28(18-25-10-5-4-6-11-25)34(44)38-33-30-14-8-7-13-27(30)20-32(33)43;1-4-17-18(19(24)16-10-13(2)9-14(3)11-16)23(21(26)22-20(17)25)12-15-7-5-6-8-15/h4-15,21,28-29,31-33,42-43H,16-20,22-24H2,1-3H3,(H,38,44)(H,39,45);5-6,9-11,15H,4,7-8,12H2,1-3H3,(H,22,25,26)/t28-,29+,31+,32-,33+;/m1./s1. The van der Waals surface area contributed by atoms with Crippen molar-refractivity contribution in [3.05, 3.63) is 181 Å². The Kier molecular flexibility index (Phi) is 17.5. The van der Waals surface area contributed by atoms with E-state index >= 15 is 0 Å². The fourth-order valence-corrected chi connectivity index (χ4v) is 10.3. The van der Waals surface area contributed by atoms with Gasteiger partial charge in [-0.2, -0.15) is 0 Å². The molecular formula is C57H71N7O7. The third-order valence-electron chi connectivity index (χ3n) is 13.6. The summed E-state index contributed by atoms with van der Waals surface area (Å²) in [6, 6.07) is 26.2. The summed E-state index contributed by atoms with van der Waals surface area (Å²) in [5.74, 6) is -0.770. The molecule has 14 nitrogen and oxygen atoms in total. The number of hydrogen-bond acceptors (Lipinski definition) is 10. The van der Waals surface area contributed by atoms with Gasteiger partial charge in [-0.25, -0.2) is 4.79 Å². The second-order valence-corrected chi connectivity index (χ2v) is 20.6. The molecule has 8 rings (SSSR count). The minimum absolute atomic E-state index is 0.0712. The lowest BCUT2D eigenvalue weighted by Crippen LogP contribution is -2.61. The number of carbonyl (C=O) groups is 3. The molecule has 71 heavy (non-hydrogen) atoms. The minimum Gasteiger partial charge on any atom is -0.392 e. The molecule has 3 aliphatic rings. The van der Waals surface area contributed by atoms with Crippen LogP contribution in [0.4, 0.5) is 0 Å². The molecule has 2 aromatic heterocycles. The Bertz CT molecular complexity index is 2760. The van der Waals surface area contributed by atoms with Gasteiger partial charge in [-0.3, -0.25) is 43.5 Å². The molecule has 3 aromatic carbocycles. The molecule has 5 aromatic rings. The lowest BCUT2D eigenvalue weighted by Gasteiger charge is -2.42. The summed E-state index contributed by atoms with van der Waals surface area (Å²) < 4.78 is 1.47. The average Bonchev–Trinajstić information content (AvgIpc) is 3.96. The highest BCUT2D eigenvalue weighted by atomic mass is 16.3. The molecule has 5 atom stereocenters. The van der Waals surface area contributed by atoms with Crippen LogP contribution in [0.15, 0.2) is 119 Å². The second-order valence-electron chi connectivity index (χ2n) is 20.6. The van der Waals surface area contributed by atoms with Crippen molar-refractivity contribution >= 4 is 17.6 Å². The maximum absolute atomic E-state index is 13.8. The van der Waals surface area contributed by atoms with Crippen LogP contribution in [-0.2, 0) is 41.9 Å². The van der Waals surface area contributed by atoms with E-state index in [2.05, 4.69) is 42.6 Å². The first-order valence-electron chi connectivity index (χ1n) is 25.1. The fourth-order valence-electron chi connectivity index (χ4n) is 10.3. The molecule has 0 saturated carbocycles. The van der Waals surface area contributed by atoms with Crippen molar-refractivity contribution in [2.24, 2.45) is 11.8 Å². The zero-order valence-electron chi connectivity index (χ0n) is 42.1. The van der Waals surface area contributed by atoms with Gasteiger partial charge in [-0.05, 0) is 113 Å². The van der Waals surface area contributed by atoms with Crippen LogP contribution in [0.2, 0.25) is 0 Å². The van der Waals surface area contributed by atoms with Crippen molar-refractivity contribution in [3.63, 3.8) is 0 Å². The number of aromatic amines is 1. The van der Waals surface area contributed by atoms with Crippen LogP contribution in [0.1, 0.15) is 108 Å². The van der Waals surface area contributed by atoms with Gasteiger partial charge in [0.1, 0.15) is 11.7 Å². The molecule has 0 bridgehead atoms. The fraction of sp³-hybridized carbons (Fsp3) is 0.439. The van der Waals surface area contributed by atoms with Crippen molar-refractivity contribution < 1.29 is 24.6 Å². The molecule has 0 spiro atoms. The molecular weight excluding hydrogens is 895 g/mol. The van der Waals surface area contributed by atoms with Crippen LogP contribution in [0.25, 0.3) is 0 Å². The zero-order chi connectivity index (χ0) is 50.8. The normalized spacial score (nSPS) is 19.1. The van der Waals surface area contributed by atoms with Gasteiger partial charge in [-0.15, -0.1) is 0 Å². The van der Waals surface area contributed by atoms with Gasteiger partial charge in [0, 0.05) is 80.7 Å². The van der Waals surface area contributed by atoms with Crippen LogP contribution in [0.3, 0.4) is 0 Å². The third kappa shape index (κ3) is 14.0. The first-order chi connectivity index (χ1) is 34.0. The highest BCUT2D eigenvalue weighted by Gasteiger charge is 2.37. The summed E-state index contributed by atoms with van der Waals surface area (Å²) in [7, 11) is 0. The van der Waals surface area contributed by atoms with E-state index in [4.69, 9.17) is 0 Å². The van der Waals surface area contributed by atoms with E-state index < -0.39 is 47.0 Å². The lowest BCUT2D eigenvalue weighted by molar-refractivity contribution is -0.132. The summed E-state index contributed by atoms with van der Waals surface area (Å²) in [5.41, 5.74) is 5.78. The monoisotopic (exact) mass is 966 g/mol. The van der Waals surface area contributed by atoms with Crippen LogP contribution < -0.4 is 21.9 Å². The Morgan fingerprint density at radius 2 is 1.59 bits per heavy atom. The van der Waals surface area contributed by atoms with E-state index in [1.54, 1.807) is 6.20 Å². The van der Waals surface area contributed by atoms with Crippen molar-refractivity contribution in [2.75, 3.05) is 26.2 Å². The number of ketones is 1. The lowest BCUT2D eigenvalue weighted by atomic mass is 9.91. The number of carbonyl (C=O) groups excluding carboxylic acids is 3. The van der Waals surface area contributed by atoms with Crippen molar-refractivity contribution in [1.29, 1.82) is 0 Å². The van der Waals surface area contributed by atoms with Gasteiger partial charge in [0.25, 0.3) is 5.56 Å². The molecule has 0 unspecified atom stereocenters. The number of pyridine rings is 1. The van der Waals surface area contributed by atoms with Gasteiger partial charge in [-0.1, -0.05) is 96.9 Å². The predicted octanol–water partition coefficient (Wildman–Crippen LogP) is 5.78. The Hall–Kier alpha value is -6.32. The van der Waals surface area contributed by atoms with Gasteiger partial charge < -0.3 is 20.8 Å². The maximum atomic E-state index is 13.8. The molecule has 0 radical (unpaired) electrons. The summed E-state index contributed by atoms with van der Waals surface area (Å²) in [4.78, 5) is 76.4. The largest absolute Gasteiger partial charge is 0.392 e. The van der Waals surface area contributed by atoms with Crippen molar-refractivity contribution in [2.45, 2.75) is 123 Å². The Balaban J connectivity index is 0.000000241. The number of nitrogens with one attached hydrogen (secondary N) is 3. The van der Waals surface area contributed by atoms with Gasteiger partial charge in [0.05, 0.1) is 18.2 Å². The number of rotatable bonds is 16. The number of piperazine rings is 1. The van der Waals surface area contributed by atoms with Gasteiger partial charge >= 0.3 is 5.69 Å². The average molecular weight is 966 g/mol. The van der Waals surface area contributed by atoms with E-state index in [-0.39, 0.29) is 42.2 Å². The number of aliphatic hydroxyl groups excluding tert-OH is 2. The molecule has 1 saturated heterocycles. The number of aryl methyl sites for hydroxylation is 2. The predicted molar refractivity (Wildman–Crippen MR) is 276 cm³/mol. The topological polar surface area (TPSA) is 190 Å². The molecule has 2 aliphatic carbocycles. The van der Waals surface area contributed by atoms with Crippen LogP contribution in [0, 0.1) is 25.7 Å². The third-order valence-corrected chi connectivity index (χ3v) is 13.6. The number of aliphatic hydroxyl groups is 2. The first-order valence-corrected chi connectivity index (χ1v) is 25.1. The number of H-pyrrole nitrogens is 1. The highest BCUT2D eigenvalue weighted by molar-refractivity contribution is 6.09. The summed E-state index contributed by atoms with van der Waals surface area (Å²) in [5, 5.41) is 28.5. The Labute approximate surface area is 417 Å². The number of benzene rings is 3. The number of fused-ring (bicyclic) bond motifs is 1. The Morgan fingerprint density at radius 1 is 0.901 bits per heavy atom. The number of amides is 2. The number of β-amino-alcohol motifs (C(OH)–C–C–N with tert-alkyl or cyclic N) is 1. The number of allylic oxidation sites excluding steroid dienone is 2. The smallest absolute Gasteiger partial charge is 0.328 e. The summed E-state index contributed by atoms with van der Waals surface area (Å²) in [6.45, 7) is 14.9. The van der Waals surface area contributed by atoms with Crippen molar-refractivity contribution in [3.8, 4) is 0 Å². The zero-order valence-corrected chi connectivity index (χ0v) is 42.1. The van der Waals surface area contributed by atoms with E-state index in [1.165, 1.54) is 4.57 Å². The molecule has 3 heterocycles. The Morgan fingerprint density at radius 3 is 2.27 bits per heavy atom. The summed E-state index contributed by atoms with van der Waals surface area (Å²) >= 11 is 0. The van der Waals surface area contributed by atoms with E-state index in [1.807, 2.05) is 133 Å². The van der Waals surface area contributed by atoms with Crippen LogP contribution in [-0.4, -0.2) is 102 Å². The quantitative estimate of drug-likeness (QED) is 0.0599. The van der Waals surface area contributed by atoms with Gasteiger partial charge in [0.2, 0.25) is 17.6 Å². The molecule has 1 fully saturated rings. The highest BCUT2D eigenvalue weighted by Crippen LogP contribution is 2.32. The van der Waals surface area contributed by atoms with Crippen LogP contribution in [0.5, 0.6) is 0 Å². The number of nitrogens with zero attached hydrogens (tertiary/aromatic N) is 4. The number of hydrogen-bond donors (Lipinski definition) is 5. The minimum atomic E-state index is -0.833. The molecule has 376 valence electrons. The summed E-state index contributed by atoms with van der Waals surface area (Å²) in [6.07, 6.45) is 9.59. The molecule has 14 heteroatoms. The van der Waals surface area contributed by atoms with E-state index in [0.717, 1.165) is 52.8 Å². The maximum Gasteiger partial charge on any atom is 0.328 e. The molecule has 2 amide bonds. The molecule has 5 N–H and O–H groups in total. The van der Waals surface area contributed by atoms with Gasteiger partial charge in [0.15, 0.2) is 0 Å². The van der Waals surface area contributed by atoms with E-state index in [9.17, 15) is 34.2 Å². The first kappa shape index (κ1) is 52.5. The number of aromatic nitrogens is 3. The van der Waals surface area contributed by atoms with E-state index in [0.29, 0.717) is 56.6 Å². The van der Waals surface area contributed by atoms with Crippen LogP contribution >= 0.6 is 0 Å². The second kappa shape index (κ2) is 23.7. The molecule has 1 aliphatic heterocycles. The van der Waals surface area contributed by atoms with Crippen molar-refractivity contribution in [1.82, 2.24) is 35.0 Å².